The number of nitrogens with one attached hydrogen (secondary N) is 2. The molecule has 26 heavy (non-hydrogen) atoms. The number of hydrogen-bond donors (Lipinski definition) is 2. The second-order valence-corrected chi connectivity index (χ2v) is 7.15. The number of anilines is 1. The second kappa shape index (κ2) is 7.02. The normalized spacial score (nSPS) is 19.4. The molecule has 1 atom stereocenters. The number of aryl methyl sites for hydroxylation is 2. The van der Waals surface area contributed by atoms with E-state index in [1.54, 1.807) is 4.90 Å². The number of likely N-dealkylation sites (tertiary alicyclic amines) is 1. The first kappa shape index (κ1) is 16.9. The first-order valence-electron chi connectivity index (χ1n) is 9.54. The van der Waals surface area contributed by atoms with E-state index in [9.17, 15) is 9.59 Å². The Morgan fingerprint density at radius 1 is 1.27 bits per heavy atom. The standard InChI is InChI=1S/C20H25N3O3/c1-2-21-19(24)13-10-11-23(12-13)20(25)22-16-8-5-7-15-14-6-3-4-9-17(14)26-18(15)16/h5,7-8,13H,2-4,6,9-12H2,1H3,(H,21,24)(H,22,25)/t13-/m0/s1. The van der Waals surface area contributed by atoms with Gasteiger partial charge in [0.05, 0.1) is 11.6 Å². The van der Waals surface area contributed by atoms with Gasteiger partial charge in [0.15, 0.2) is 5.58 Å². The van der Waals surface area contributed by atoms with Gasteiger partial charge in [-0.15, -0.1) is 0 Å². The maximum atomic E-state index is 12.7. The van der Waals surface area contributed by atoms with Gasteiger partial charge in [0.25, 0.3) is 0 Å². The number of amides is 3. The highest BCUT2D eigenvalue weighted by atomic mass is 16.3. The highest BCUT2D eigenvalue weighted by Gasteiger charge is 2.31. The Hall–Kier alpha value is -2.50. The number of rotatable bonds is 3. The number of benzene rings is 1. The van der Waals surface area contributed by atoms with Crippen LogP contribution in [0.3, 0.4) is 0 Å². The van der Waals surface area contributed by atoms with Gasteiger partial charge in [-0.3, -0.25) is 4.79 Å². The highest BCUT2D eigenvalue weighted by Crippen LogP contribution is 2.35. The molecule has 6 heteroatoms. The summed E-state index contributed by atoms with van der Waals surface area (Å²) in [5, 5.41) is 6.94. The first-order valence-corrected chi connectivity index (χ1v) is 9.54. The number of para-hydroxylation sites is 1. The molecule has 1 saturated heterocycles. The van der Waals surface area contributed by atoms with Crippen molar-refractivity contribution in [2.75, 3.05) is 25.0 Å². The highest BCUT2D eigenvalue weighted by molar-refractivity contribution is 6.00. The molecule has 3 amide bonds. The molecule has 2 heterocycles. The summed E-state index contributed by atoms with van der Waals surface area (Å²) in [7, 11) is 0. The predicted molar refractivity (Wildman–Crippen MR) is 100 cm³/mol. The summed E-state index contributed by atoms with van der Waals surface area (Å²) in [6, 6.07) is 5.74. The summed E-state index contributed by atoms with van der Waals surface area (Å²) in [5.74, 6) is 0.974. The third-order valence-electron chi connectivity index (χ3n) is 5.42. The van der Waals surface area contributed by atoms with Crippen LogP contribution in [0, 0.1) is 5.92 Å². The second-order valence-electron chi connectivity index (χ2n) is 7.15. The van der Waals surface area contributed by atoms with Gasteiger partial charge in [0.2, 0.25) is 5.91 Å². The molecule has 0 bridgehead atoms. The molecule has 0 spiro atoms. The average molecular weight is 355 g/mol. The lowest BCUT2D eigenvalue weighted by Crippen LogP contribution is -2.36. The topological polar surface area (TPSA) is 74.6 Å². The number of hydrogen-bond acceptors (Lipinski definition) is 3. The van der Waals surface area contributed by atoms with Crippen LogP contribution >= 0.6 is 0 Å². The van der Waals surface area contributed by atoms with E-state index in [1.807, 2.05) is 19.1 Å². The average Bonchev–Trinajstić information content (AvgIpc) is 3.28. The maximum absolute atomic E-state index is 12.7. The van der Waals surface area contributed by atoms with Gasteiger partial charge in [0.1, 0.15) is 5.76 Å². The molecule has 1 aromatic carbocycles. The maximum Gasteiger partial charge on any atom is 0.321 e. The summed E-state index contributed by atoms with van der Waals surface area (Å²) in [4.78, 5) is 26.4. The minimum atomic E-state index is -0.168. The molecule has 2 aromatic rings. The van der Waals surface area contributed by atoms with E-state index in [4.69, 9.17) is 4.42 Å². The summed E-state index contributed by atoms with van der Waals surface area (Å²) in [6.07, 6.45) is 5.06. The van der Waals surface area contributed by atoms with Gasteiger partial charge in [-0.2, -0.15) is 0 Å². The Morgan fingerprint density at radius 2 is 2.12 bits per heavy atom. The third kappa shape index (κ3) is 3.04. The fourth-order valence-electron chi connectivity index (χ4n) is 4.05. The summed E-state index contributed by atoms with van der Waals surface area (Å²) >= 11 is 0. The molecule has 4 rings (SSSR count). The number of fused-ring (bicyclic) bond motifs is 3. The number of carbonyl (C=O) groups is 2. The Bertz CT molecular complexity index is 842. The van der Waals surface area contributed by atoms with Crippen molar-refractivity contribution in [1.29, 1.82) is 0 Å². The van der Waals surface area contributed by atoms with Gasteiger partial charge >= 0.3 is 6.03 Å². The van der Waals surface area contributed by atoms with Crippen molar-refractivity contribution in [2.24, 2.45) is 5.92 Å². The molecule has 1 aliphatic carbocycles. The smallest absolute Gasteiger partial charge is 0.321 e. The van der Waals surface area contributed by atoms with Crippen molar-refractivity contribution >= 4 is 28.6 Å². The van der Waals surface area contributed by atoms with Crippen LogP contribution in [0.2, 0.25) is 0 Å². The van der Waals surface area contributed by atoms with E-state index in [0.29, 0.717) is 31.7 Å². The van der Waals surface area contributed by atoms with E-state index in [2.05, 4.69) is 16.7 Å². The molecule has 6 nitrogen and oxygen atoms in total. The molecule has 0 unspecified atom stereocenters. The zero-order chi connectivity index (χ0) is 18.1. The van der Waals surface area contributed by atoms with Crippen LogP contribution in [0.1, 0.15) is 37.5 Å². The van der Waals surface area contributed by atoms with Crippen molar-refractivity contribution in [3.05, 3.63) is 29.5 Å². The predicted octanol–water partition coefficient (Wildman–Crippen LogP) is 3.30. The molecular weight excluding hydrogens is 330 g/mol. The van der Waals surface area contributed by atoms with Crippen LogP contribution in [0.25, 0.3) is 11.0 Å². The molecular formula is C20H25N3O3. The quantitative estimate of drug-likeness (QED) is 0.887. The Kier molecular flexibility index (Phi) is 4.57. The number of urea groups is 1. The number of furan rings is 1. The molecule has 1 aliphatic heterocycles. The van der Waals surface area contributed by atoms with Gasteiger partial charge in [-0.05, 0) is 38.7 Å². The SMILES string of the molecule is CCNC(=O)[C@H]1CCN(C(=O)Nc2cccc3c4c(oc23)CCCC4)C1. The Morgan fingerprint density at radius 3 is 2.96 bits per heavy atom. The molecule has 2 N–H and O–H groups in total. The monoisotopic (exact) mass is 355 g/mol. The van der Waals surface area contributed by atoms with Crippen LogP contribution in [0.4, 0.5) is 10.5 Å². The molecule has 1 aromatic heterocycles. The zero-order valence-corrected chi connectivity index (χ0v) is 15.1. The number of carbonyl (C=O) groups excluding carboxylic acids is 2. The summed E-state index contributed by atoms with van der Waals surface area (Å²) in [5.41, 5.74) is 2.77. The lowest BCUT2D eigenvalue weighted by Gasteiger charge is -2.17. The van der Waals surface area contributed by atoms with E-state index in [1.165, 1.54) is 12.0 Å². The van der Waals surface area contributed by atoms with Crippen molar-refractivity contribution in [2.45, 2.75) is 39.0 Å². The van der Waals surface area contributed by atoms with Gasteiger partial charge < -0.3 is 20.0 Å². The minimum absolute atomic E-state index is 0.0311. The lowest BCUT2D eigenvalue weighted by molar-refractivity contribution is -0.124. The zero-order valence-electron chi connectivity index (χ0n) is 15.1. The molecule has 1 fully saturated rings. The largest absolute Gasteiger partial charge is 0.459 e. The molecule has 0 radical (unpaired) electrons. The van der Waals surface area contributed by atoms with Crippen LogP contribution in [0.5, 0.6) is 0 Å². The molecule has 2 aliphatic rings. The van der Waals surface area contributed by atoms with Crippen LogP contribution in [0.15, 0.2) is 22.6 Å². The van der Waals surface area contributed by atoms with E-state index in [0.717, 1.165) is 36.0 Å². The lowest BCUT2D eigenvalue weighted by atomic mass is 9.96. The summed E-state index contributed by atoms with van der Waals surface area (Å²) in [6.45, 7) is 3.58. The van der Waals surface area contributed by atoms with Gasteiger partial charge in [-0.25, -0.2) is 4.79 Å². The summed E-state index contributed by atoms with van der Waals surface area (Å²) < 4.78 is 6.08. The van der Waals surface area contributed by atoms with Gasteiger partial charge in [0, 0.05) is 37.0 Å². The van der Waals surface area contributed by atoms with Crippen LogP contribution < -0.4 is 10.6 Å². The van der Waals surface area contributed by atoms with Crippen molar-refractivity contribution < 1.29 is 14.0 Å². The van der Waals surface area contributed by atoms with E-state index in [-0.39, 0.29) is 17.9 Å². The van der Waals surface area contributed by atoms with E-state index >= 15 is 0 Å². The van der Waals surface area contributed by atoms with Crippen LogP contribution in [-0.2, 0) is 17.6 Å². The number of nitrogens with zero attached hydrogens (tertiary/aromatic N) is 1. The third-order valence-corrected chi connectivity index (χ3v) is 5.42. The minimum Gasteiger partial charge on any atom is -0.459 e. The fourth-order valence-corrected chi connectivity index (χ4v) is 4.05. The Balaban J connectivity index is 1.50. The van der Waals surface area contributed by atoms with Crippen molar-refractivity contribution in [3.63, 3.8) is 0 Å². The Labute approximate surface area is 152 Å². The first-order chi connectivity index (χ1) is 12.7. The van der Waals surface area contributed by atoms with Crippen molar-refractivity contribution in [1.82, 2.24) is 10.2 Å². The molecule has 138 valence electrons. The fraction of sp³-hybridized carbons (Fsp3) is 0.500. The van der Waals surface area contributed by atoms with E-state index < -0.39 is 0 Å². The molecule has 0 saturated carbocycles. The van der Waals surface area contributed by atoms with Crippen LogP contribution in [-0.4, -0.2) is 36.5 Å². The van der Waals surface area contributed by atoms with Crippen molar-refractivity contribution in [3.8, 4) is 0 Å². The van der Waals surface area contributed by atoms with Gasteiger partial charge in [-0.1, -0.05) is 12.1 Å².